The van der Waals surface area contributed by atoms with Crippen LogP contribution in [0.25, 0.3) is 0 Å². The van der Waals surface area contributed by atoms with Crippen LogP contribution in [0.1, 0.15) is 6.92 Å². The molecule has 5 nitrogen and oxygen atoms in total. The van der Waals surface area contributed by atoms with Crippen LogP contribution in [0, 0.1) is 10.1 Å². The van der Waals surface area contributed by atoms with Gasteiger partial charge in [0.2, 0.25) is 0 Å². The summed E-state index contributed by atoms with van der Waals surface area (Å²) in [5, 5.41) is 19.3. The van der Waals surface area contributed by atoms with Crippen molar-refractivity contribution in [3.63, 3.8) is 0 Å². The zero-order valence-electron chi connectivity index (χ0n) is 8.92. The van der Waals surface area contributed by atoms with Gasteiger partial charge >= 0.3 is 5.69 Å². The first-order valence-electron chi connectivity index (χ1n) is 4.78. The molecule has 0 saturated carbocycles. The molecule has 0 spiro atoms. The van der Waals surface area contributed by atoms with Gasteiger partial charge in [-0.25, -0.2) is 0 Å². The van der Waals surface area contributed by atoms with Crippen LogP contribution in [0.2, 0.25) is 0 Å². The number of rotatable bonds is 5. The maximum atomic E-state index is 10.7. The summed E-state index contributed by atoms with van der Waals surface area (Å²) in [5.74, 6) is 0.234. The second kappa shape index (κ2) is 5.87. The smallest absolute Gasteiger partial charge is 0.310 e. The van der Waals surface area contributed by atoms with E-state index in [4.69, 9.17) is 9.84 Å². The topological polar surface area (TPSA) is 72.6 Å². The first-order valence-corrected chi connectivity index (χ1v) is 4.78. The monoisotopic (exact) mass is 223 g/mol. The third-order valence-corrected chi connectivity index (χ3v) is 1.96. The first-order chi connectivity index (χ1) is 7.65. The number of benzene rings is 1. The van der Waals surface area contributed by atoms with E-state index in [0.29, 0.717) is 0 Å². The normalized spacial score (nSPS) is 11.2. The van der Waals surface area contributed by atoms with Gasteiger partial charge in [-0.15, -0.1) is 0 Å². The van der Waals surface area contributed by atoms with Crippen molar-refractivity contribution in [1.82, 2.24) is 0 Å². The van der Waals surface area contributed by atoms with Crippen molar-refractivity contribution in [1.29, 1.82) is 0 Å². The number of nitrogens with zero attached hydrogens (tertiary/aromatic N) is 1. The van der Waals surface area contributed by atoms with E-state index in [9.17, 15) is 10.1 Å². The molecule has 86 valence electrons. The van der Waals surface area contributed by atoms with Crippen molar-refractivity contribution < 1.29 is 14.8 Å². The number of nitro benzene ring substituents is 1. The lowest BCUT2D eigenvalue weighted by atomic mass is 10.3. The van der Waals surface area contributed by atoms with Gasteiger partial charge in [0, 0.05) is 6.07 Å². The maximum absolute atomic E-state index is 10.7. The van der Waals surface area contributed by atoms with Crippen molar-refractivity contribution in [2.24, 2.45) is 0 Å². The van der Waals surface area contributed by atoms with E-state index in [2.05, 4.69) is 0 Å². The Labute approximate surface area is 93.1 Å². The van der Waals surface area contributed by atoms with Crippen molar-refractivity contribution in [3.05, 3.63) is 46.0 Å². The molecular weight excluding hydrogens is 210 g/mol. The van der Waals surface area contributed by atoms with Gasteiger partial charge in [0.05, 0.1) is 11.5 Å². The minimum Gasteiger partial charge on any atom is -0.482 e. The van der Waals surface area contributed by atoms with Crippen molar-refractivity contribution in [2.75, 3.05) is 13.2 Å². The highest BCUT2D eigenvalue weighted by molar-refractivity contribution is 5.45. The van der Waals surface area contributed by atoms with E-state index in [1.807, 2.05) is 0 Å². The average molecular weight is 223 g/mol. The number of nitro groups is 1. The maximum Gasteiger partial charge on any atom is 0.310 e. The van der Waals surface area contributed by atoms with Crippen LogP contribution in [0.15, 0.2) is 35.9 Å². The van der Waals surface area contributed by atoms with Gasteiger partial charge in [-0.3, -0.25) is 10.1 Å². The van der Waals surface area contributed by atoms with Crippen molar-refractivity contribution >= 4 is 5.69 Å². The fraction of sp³-hybridized carbons (Fsp3) is 0.273. The van der Waals surface area contributed by atoms with Gasteiger partial charge in [-0.2, -0.15) is 0 Å². The fourth-order valence-electron chi connectivity index (χ4n) is 1.14. The van der Waals surface area contributed by atoms with Gasteiger partial charge in [0.25, 0.3) is 0 Å². The lowest BCUT2D eigenvalue weighted by Crippen LogP contribution is -2.02. The summed E-state index contributed by atoms with van der Waals surface area (Å²) < 4.78 is 5.29. The molecule has 0 amide bonds. The molecular formula is C11H13NO4. The van der Waals surface area contributed by atoms with Crippen LogP contribution in [0.5, 0.6) is 5.75 Å². The molecule has 0 radical (unpaired) electrons. The Morgan fingerprint density at radius 1 is 1.56 bits per heavy atom. The fourth-order valence-corrected chi connectivity index (χ4v) is 1.14. The first kappa shape index (κ1) is 12.2. The highest BCUT2D eigenvalue weighted by Gasteiger charge is 2.13. The SMILES string of the molecule is C/C(=C\CO)COc1ccccc1[N+](=O)[O-]. The van der Waals surface area contributed by atoms with E-state index >= 15 is 0 Å². The molecule has 0 atom stereocenters. The molecule has 0 aromatic heterocycles. The molecule has 1 aromatic rings. The van der Waals surface area contributed by atoms with Crippen molar-refractivity contribution in [3.8, 4) is 5.75 Å². The molecule has 0 fully saturated rings. The van der Waals surface area contributed by atoms with E-state index in [-0.39, 0.29) is 24.7 Å². The third-order valence-electron chi connectivity index (χ3n) is 1.96. The zero-order valence-corrected chi connectivity index (χ0v) is 8.92. The van der Waals surface area contributed by atoms with E-state index < -0.39 is 4.92 Å². The number of hydrogen-bond donors (Lipinski definition) is 1. The molecule has 1 aromatic carbocycles. The van der Waals surface area contributed by atoms with E-state index in [1.54, 1.807) is 31.2 Å². The van der Waals surface area contributed by atoms with Crippen LogP contribution in [-0.4, -0.2) is 23.2 Å². The van der Waals surface area contributed by atoms with Gasteiger partial charge in [-0.1, -0.05) is 18.2 Å². The Balaban J connectivity index is 2.74. The number of aliphatic hydroxyl groups is 1. The molecule has 0 aliphatic heterocycles. The van der Waals surface area contributed by atoms with Crippen molar-refractivity contribution in [2.45, 2.75) is 6.92 Å². The molecule has 0 heterocycles. The minimum atomic E-state index is -0.486. The summed E-state index contributed by atoms with van der Waals surface area (Å²) in [6, 6.07) is 6.19. The van der Waals surface area contributed by atoms with Crippen LogP contribution < -0.4 is 4.74 Å². The Bertz CT molecular complexity index is 401. The van der Waals surface area contributed by atoms with E-state index in [1.165, 1.54) is 6.07 Å². The highest BCUT2D eigenvalue weighted by Crippen LogP contribution is 2.25. The lowest BCUT2D eigenvalue weighted by Gasteiger charge is -2.06. The Hall–Kier alpha value is -1.88. The van der Waals surface area contributed by atoms with Crippen LogP contribution in [0.4, 0.5) is 5.69 Å². The predicted octanol–water partition coefficient (Wildman–Crippen LogP) is 1.91. The molecule has 1 N–H and O–H groups in total. The summed E-state index contributed by atoms with van der Waals surface area (Å²) in [4.78, 5) is 10.2. The summed E-state index contributed by atoms with van der Waals surface area (Å²) in [6.07, 6.45) is 1.59. The third kappa shape index (κ3) is 3.36. The molecule has 0 saturated heterocycles. The molecule has 0 bridgehead atoms. The number of para-hydroxylation sites is 2. The lowest BCUT2D eigenvalue weighted by molar-refractivity contribution is -0.385. The second-order valence-corrected chi connectivity index (χ2v) is 3.25. The van der Waals surface area contributed by atoms with Crippen LogP contribution in [0.3, 0.4) is 0 Å². The number of ether oxygens (including phenoxy) is 1. The largest absolute Gasteiger partial charge is 0.482 e. The molecule has 0 aliphatic carbocycles. The standard InChI is InChI=1S/C11H13NO4/c1-9(6-7-13)8-16-11-5-3-2-4-10(11)12(14)15/h2-6,13H,7-8H2,1H3/b9-6+. The number of hydrogen-bond acceptors (Lipinski definition) is 4. The Kier molecular flexibility index (Phi) is 4.47. The summed E-state index contributed by atoms with van der Waals surface area (Å²) >= 11 is 0. The van der Waals surface area contributed by atoms with Gasteiger partial charge in [-0.05, 0) is 18.6 Å². The molecule has 5 heteroatoms. The van der Waals surface area contributed by atoms with Crippen LogP contribution in [-0.2, 0) is 0 Å². The quantitative estimate of drug-likeness (QED) is 0.470. The average Bonchev–Trinajstić information content (AvgIpc) is 2.27. The highest BCUT2D eigenvalue weighted by atomic mass is 16.6. The molecule has 1 rings (SSSR count). The Morgan fingerprint density at radius 2 is 2.25 bits per heavy atom. The van der Waals surface area contributed by atoms with Gasteiger partial charge in [0.15, 0.2) is 5.75 Å². The van der Waals surface area contributed by atoms with E-state index in [0.717, 1.165) is 5.57 Å². The summed E-state index contributed by atoms with van der Waals surface area (Å²) in [7, 11) is 0. The molecule has 0 aliphatic rings. The molecule has 0 unspecified atom stereocenters. The summed E-state index contributed by atoms with van der Waals surface area (Å²) in [6.45, 7) is 1.95. The molecule has 16 heavy (non-hydrogen) atoms. The van der Waals surface area contributed by atoms with Gasteiger partial charge in [0.1, 0.15) is 6.61 Å². The second-order valence-electron chi connectivity index (χ2n) is 3.25. The Morgan fingerprint density at radius 3 is 2.88 bits per heavy atom. The zero-order chi connectivity index (χ0) is 12.0. The summed E-state index contributed by atoms with van der Waals surface area (Å²) in [5.41, 5.74) is 0.764. The number of aliphatic hydroxyl groups excluding tert-OH is 1. The predicted molar refractivity (Wildman–Crippen MR) is 59.4 cm³/mol. The van der Waals surface area contributed by atoms with Crippen LogP contribution >= 0.6 is 0 Å². The van der Waals surface area contributed by atoms with Gasteiger partial charge < -0.3 is 9.84 Å². The minimum absolute atomic E-state index is 0.0562.